The van der Waals surface area contributed by atoms with E-state index in [1.165, 1.54) is 34.9 Å². The Morgan fingerprint density at radius 2 is 1.77 bits per heavy atom. The minimum Gasteiger partial charge on any atom is -0.497 e. The van der Waals surface area contributed by atoms with Crippen molar-refractivity contribution < 1.29 is 22.7 Å². The lowest BCUT2D eigenvalue weighted by Crippen LogP contribution is -2.49. The van der Waals surface area contributed by atoms with Crippen molar-refractivity contribution in [3.63, 3.8) is 0 Å². The summed E-state index contributed by atoms with van der Waals surface area (Å²) in [7, 11) is -2.53. The molecule has 0 saturated carbocycles. The van der Waals surface area contributed by atoms with Gasteiger partial charge in [0, 0.05) is 5.56 Å². The quantitative estimate of drug-likeness (QED) is 0.347. The van der Waals surface area contributed by atoms with Crippen LogP contribution in [0.25, 0.3) is 10.6 Å². The van der Waals surface area contributed by atoms with Crippen LogP contribution >= 0.6 is 11.3 Å². The molecule has 1 aliphatic heterocycles. The van der Waals surface area contributed by atoms with Crippen molar-refractivity contribution in [2.45, 2.75) is 37.2 Å². The fraction of sp³-hybridized carbons (Fsp3) is 0.250. The van der Waals surface area contributed by atoms with Gasteiger partial charge in [-0.05, 0) is 47.4 Å². The Morgan fingerprint density at radius 3 is 2.44 bits per heavy atom. The molecule has 1 unspecified atom stereocenters. The molecule has 4 aromatic rings. The summed E-state index contributed by atoms with van der Waals surface area (Å²) in [6.07, 6.45) is -1.12. The molecule has 1 amide bonds. The van der Waals surface area contributed by atoms with Crippen LogP contribution < -0.4 is 19.1 Å². The number of fused-ring (bicyclic) bond motifs is 1. The first-order valence-corrected chi connectivity index (χ1v) is 14.5. The summed E-state index contributed by atoms with van der Waals surface area (Å²) in [4.78, 5) is 13.4. The molecule has 39 heavy (non-hydrogen) atoms. The fourth-order valence-corrected chi connectivity index (χ4v) is 6.33. The van der Waals surface area contributed by atoms with E-state index in [0.29, 0.717) is 27.3 Å². The molecule has 1 aliphatic rings. The highest BCUT2D eigenvalue weighted by molar-refractivity contribution is 7.92. The van der Waals surface area contributed by atoms with Crippen LogP contribution in [0.5, 0.6) is 11.5 Å². The molecule has 0 radical (unpaired) electrons. The van der Waals surface area contributed by atoms with E-state index in [1.807, 2.05) is 57.2 Å². The first-order valence-electron chi connectivity index (χ1n) is 12.2. The lowest BCUT2D eigenvalue weighted by atomic mass is 9.86. The van der Waals surface area contributed by atoms with E-state index in [9.17, 15) is 13.2 Å². The van der Waals surface area contributed by atoms with Gasteiger partial charge in [-0.3, -0.25) is 14.4 Å². The number of hydrogen-bond donors (Lipinski definition) is 1. The second-order valence-corrected chi connectivity index (χ2v) is 12.9. The van der Waals surface area contributed by atoms with Gasteiger partial charge in [-0.15, -0.1) is 10.2 Å². The van der Waals surface area contributed by atoms with Gasteiger partial charge in [-0.1, -0.05) is 68.5 Å². The van der Waals surface area contributed by atoms with Gasteiger partial charge in [0.05, 0.1) is 24.2 Å². The normalized spacial score (nSPS) is 15.3. The van der Waals surface area contributed by atoms with Gasteiger partial charge < -0.3 is 9.47 Å². The SMILES string of the molecule is COc1ccc(S(=O)(=O)N2CC(C(=O)Nc3nnc(-c4ccccc4)s3)Oc3ccc(C(C)(C)C)cc32)cc1. The van der Waals surface area contributed by atoms with Crippen molar-refractivity contribution in [1.82, 2.24) is 10.2 Å². The molecule has 1 N–H and O–H groups in total. The van der Waals surface area contributed by atoms with Crippen molar-refractivity contribution in [2.24, 2.45) is 0 Å². The maximum atomic E-state index is 13.9. The number of rotatable bonds is 6. The number of aromatic nitrogens is 2. The lowest BCUT2D eigenvalue weighted by molar-refractivity contribution is -0.122. The van der Waals surface area contributed by atoms with Gasteiger partial charge in [0.25, 0.3) is 15.9 Å². The number of nitrogens with zero attached hydrogens (tertiary/aromatic N) is 3. The zero-order valence-electron chi connectivity index (χ0n) is 21.9. The second kappa shape index (κ2) is 10.3. The average molecular weight is 565 g/mol. The minimum absolute atomic E-state index is 0.0769. The maximum absolute atomic E-state index is 13.9. The number of amides is 1. The molecule has 2 heterocycles. The molecule has 0 aliphatic carbocycles. The lowest BCUT2D eigenvalue weighted by Gasteiger charge is -2.35. The molecule has 0 bridgehead atoms. The van der Waals surface area contributed by atoms with Crippen LogP contribution in [0.2, 0.25) is 0 Å². The van der Waals surface area contributed by atoms with Crippen LogP contribution in [0.3, 0.4) is 0 Å². The highest BCUT2D eigenvalue weighted by atomic mass is 32.2. The molecule has 11 heteroatoms. The van der Waals surface area contributed by atoms with E-state index in [-0.39, 0.29) is 16.9 Å². The third-order valence-electron chi connectivity index (χ3n) is 6.31. The average Bonchev–Trinajstić information content (AvgIpc) is 3.40. The molecule has 202 valence electrons. The van der Waals surface area contributed by atoms with E-state index in [0.717, 1.165) is 11.1 Å². The summed E-state index contributed by atoms with van der Waals surface area (Å²) < 4.78 is 40.2. The highest BCUT2D eigenvalue weighted by Crippen LogP contribution is 2.40. The Labute approximate surface area is 231 Å². The van der Waals surface area contributed by atoms with Crippen LogP contribution in [0.1, 0.15) is 26.3 Å². The Bertz CT molecular complexity index is 1600. The van der Waals surface area contributed by atoms with Gasteiger partial charge in [-0.2, -0.15) is 0 Å². The van der Waals surface area contributed by atoms with Crippen LogP contribution in [-0.2, 0) is 20.2 Å². The van der Waals surface area contributed by atoms with Gasteiger partial charge in [0.2, 0.25) is 5.13 Å². The van der Waals surface area contributed by atoms with Crippen molar-refractivity contribution in [3.8, 4) is 22.1 Å². The van der Waals surface area contributed by atoms with Gasteiger partial charge >= 0.3 is 0 Å². The summed E-state index contributed by atoms with van der Waals surface area (Å²) in [5.74, 6) is 0.315. The number of sulfonamides is 1. The third kappa shape index (κ3) is 5.45. The van der Waals surface area contributed by atoms with E-state index < -0.39 is 22.0 Å². The number of carbonyl (C=O) groups excluding carboxylic acids is 1. The van der Waals surface area contributed by atoms with Crippen molar-refractivity contribution in [1.29, 1.82) is 0 Å². The molecular weight excluding hydrogens is 536 g/mol. The number of anilines is 2. The van der Waals surface area contributed by atoms with Crippen LogP contribution in [0, 0.1) is 0 Å². The van der Waals surface area contributed by atoms with E-state index in [2.05, 4.69) is 15.5 Å². The Morgan fingerprint density at radius 1 is 1.05 bits per heavy atom. The maximum Gasteiger partial charge on any atom is 0.269 e. The molecule has 3 aromatic carbocycles. The third-order valence-corrected chi connectivity index (χ3v) is 8.99. The van der Waals surface area contributed by atoms with Gasteiger partial charge in [0.15, 0.2) is 6.10 Å². The Balaban J connectivity index is 1.47. The predicted octanol–water partition coefficient (Wildman–Crippen LogP) is 5.11. The largest absolute Gasteiger partial charge is 0.497 e. The van der Waals surface area contributed by atoms with Crippen LogP contribution in [0.4, 0.5) is 10.8 Å². The molecule has 0 saturated heterocycles. The molecule has 0 fully saturated rings. The number of methoxy groups -OCH3 is 1. The summed E-state index contributed by atoms with van der Waals surface area (Å²) in [5.41, 5.74) is 1.96. The van der Waals surface area contributed by atoms with Crippen molar-refractivity contribution in [3.05, 3.63) is 78.4 Å². The molecule has 5 rings (SSSR count). The first-order chi connectivity index (χ1) is 18.6. The molecular formula is C28H28N4O5S2. The number of carbonyl (C=O) groups is 1. The zero-order chi connectivity index (χ0) is 27.8. The zero-order valence-corrected chi connectivity index (χ0v) is 23.5. The summed E-state index contributed by atoms with van der Waals surface area (Å²) >= 11 is 1.22. The van der Waals surface area contributed by atoms with Gasteiger partial charge in [0.1, 0.15) is 16.5 Å². The first kappa shape index (κ1) is 26.6. The van der Waals surface area contributed by atoms with Crippen LogP contribution in [0.15, 0.2) is 77.7 Å². The number of ether oxygens (including phenoxy) is 2. The summed E-state index contributed by atoms with van der Waals surface area (Å²) in [6.45, 7) is 5.92. The summed E-state index contributed by atoms with van der Waals surface area (Å²) in [5, 5.41) is 11.9. The van der Waals surface area contributed by atoms with E-state index in [1.54, 1.807) is 24.3 Å². The highest BCUT2D eigenvalue weighted by Gasteiger charge is 2.38. The fourth-order valence-electron chi connectivity index (χ4n) is 4.11. The van der Waals surface area contributed by atoms with Crippen LogP contribution in [-0.4, -0.2) is 44.3 Å². The second-order valence-electron chi connectivity index (χ2n) is 10.0. The number of nitrogens with one attached hydrogen (secondary N) is 1. The topological polar surface area (TPSA) is 111 Å². The number of hydrogen-bond acceptors (Lipinski definition) is 8. The molecule has 1 atom stereocenters. The summed E-state index contributed by atoms with van der Waals surface area (Å²) in [6, 6.07) is 21.0. The van der Waals surface area contributed by atoms with Crippen molar-refractivity contribution in [2.75, 3.05) is 23.3 Å². The molecule has 9 nitrogen and oxygen atoms in total. The minimum atomic E-state index is -4.04. The smallest absolute Gasteiger partial charge is 0.269 e. The predicted molar refractivity (Wildman–Crippen MR) is 151 cm³/mol. The molecule has 1 aromatic heterocycles. The van der Waals surface area contributed by atoms with E-state index >= 15 is 0 Å². The number of benzene rings is 3. The Hall–Kier alpha value is -3.96. The van der Waals surface area contributed by atoms with Gasteiger partial charge in [-0.25, -0.2) is 8.42 Å². The van der Waals surface area contributed by atoms with E-state index in [4.69, 9.17) is 9.47 Å². The Kier molecular flexibility index (Phi) is 7.04. The molecule has 0 spiro atoms. The monoisotopic (exact) mass is 564 g/mol. The van der Waals surface area contributed by atoms with Crippen molar-refractivity contribution >= 4 is 38.1 Å². The standard InChI is InChI=1S/C28H28N4O5S2/c1-28(2,3)19-10-15-23-22(16-19)32(39(34,35)21-13-11-20(36-4)12-14-21)17-24(37-23)25(33)29-27-31-30-26(38-27)18-8-6-5-7-9-18/h5-16,24H,17H2,1-4H3,(H,29,31,33).